The van der Waals surface area contributed by atoms with Crippen molar-refractivity contribution in [2.24, 2.45) is 5.41 Å². The van der Waals surface area contributed by atoms with Crippen molar-refractivity contribution in [1.29, 1.82) is 0 Å². The molecule has 1 aliphatic carbocycles. The second-order valence-electron chi connectivity index (χ2n) is 6.72. The summed E-state index contributed by atoms with van der Waals surface area (Å²) in [6.07, 6.45) is 7.70. The number of carboxylic acid groups (broad SMARTS) is 1. The molecule has 2 N–H and O–H groups in total. The van der Waals surface area contributed by atoms with E-state index in [2.05, 4.69) is 12.2 Å². The van der Waals surface area contributed by atoms with E-state index in [1.165, 1.54) is 12.8 Å². The first-order valence-electron chi connectivity index (χ1n) is 8.29. The highest BCUT2D eigenvalue weighted by molar-refractivity contribution is 5.79. The molecule has 5 nitrogen and oxygen atoms in total. The summed E-state index contributed by atoms with van der Waals surface area (Å²) in [6, 6.07) is -0.0172. The first kappa shape index (κ1) is 16.1. The van der Waals surface area contributed by atoms with E-state index < -0.39 is 11.4 Å². The number of aliphatic carboxylic acids is 1. The maximum absolute atomic E-state index is 12.6. The summed E-state index contributed by atoms with van der Waals surface area (Å²) in [4.78, 5) is 26.0. The Bertz CT molecular complexity index is 399. The number of rotatable bonds is 3. The molecule has 120 valence electrons. The molecule has 5 heteroatoms. The second kappa shape index (κ2) is 6.67. The third kappa shape index (κ3) is 3.33. The maximum Gasteiger partial charge on any atom is 0.317 e. The van der Waals surface area contributed by atoms with Gasteiger partial charge in [-0.15, -0.1) is 0 Å². The molecular formula is C16H28N2O3. The van der Waals surface area contributed by atoms with E-state index in [4.69, 9.17) is 0 Å². The van der Waals surface area contributed by atoms with Crippen molar-refractivity contribution < 1.29 is 14.7 Å². The molecule has 3 atom stereocenters. The van der Waals surface area contributed by atoms with E-state index in [-0.39, 0.29) is 12.1 Å². The molecule has 0 radical (unpaired) electrons. The van der Waals surface area contributed by atoms with Gasteiger partial charge < -0.3 is 15.3 Å². The van der Waals surface area contributed by atoms with Crippen LogP contribution in [0.2, 0.25) is 0 Å². The zero-order valence-electron chi connectivity index (χ0n) is 13.2. The molecule has 0 aromatic heterocycles. The predicted molar refractivity (Wildman–Crippen MR) is 81.2 cm³/mol. The average molecular weight is 296 g/mol. The molecule has 0 aromatic rings. The first-order valence-corrected chi connectivity index (χ1v) is 8.29. The number of hydrogen-bond acceptors (Lipinski definition) is 2. The summed E-state index contributed by atoms with van der Waals surface area (Å²) in [5.74, 6) is -0.798. The molecule has 1 saturated carbocycles. The van der Waals surface area contributed by atoms with Crippen molar-refractivity contribution >= 4 is 12.0 Å². The molecule has 3 unspecified atom stereocenters. The van der Waals surface area contributed by atoms with Crippen LogP contribution >= 0.6 is 0 Å². The van der Waals surface area contributed by atoms with Gasteiger partial charge in [-0.1, -0.05) is 26.2 Å². The van der Waals surface area contributed by atoms with E-state index in [0.29, 0.717) is 12.5 Å². The minimum absolute atomic E-state index is 0.0666. The summed E-state index contributed by atoms with van der Waals surface area (Å²) in [6.45, 7) is 4.67. The van der Waals surface area contributed by atoms with Crippen LogP contribution in [0.4, 0.5) is 4.79 Å². The van der Waals surface area contributed by atoms with Gasteiger partial charge in [0.25, 0.3) is 0 Å². The van der Waals surface area contributed by atoms with Gasteiger partial charge >= 0.3 is 12.0 Å². The SMILES string of the molecule is CCC1CCCCCN1C(=O)NC1CCCC1(C)C(=O)O. The quantitative estimate of drug-likeness (QED) is 0.841. The summed E-state index contributed by atoms with van der Waals surface area (Å²) >= 11 is 0. The fourth-order valence-corrected chi connectivity index (χ4v) is 3.75. The van der Waals surface area contributed by atoms with Crippen LogP contribution in [0.3, 0.4) is 0 Å². The van der Waals surface area contributed by atoms with Crippen LogP contribution in [-0.4, -0.2) is 40.6 Å². The standard InChI is InChI=1S/C16H28N2O3/c1-3-12-8-5-4-6-11-18(12)15(21)17-13-9-7-10-16(13,2)14(19)20/h12-13H,3-11H2,1-2H3,(H,17,21)(H,19,20). The molecule has 0 bridgehead atoms. The fourth-order valence-electron chi connectivity index (χ4n) is 3.75. The van der Waals surface area contributed by atoms with Crippen molar-refractivity contribution in [3.05, 3.63) is 0 Å². The molecule has 0 aromatic carbocycles. The maximum atomic E-state index is 12.6. The van der Waals surface area contributed by atoms with Gasteiger partial charge in [-0.05, 0) is 39.0 Å². The number of hydrogen-bond donors (Lipinski definition) is 2. The molecule has 1 aliphatic heterocycles. The van der Waals surface area contributed by atoms with Crippen LogP contribution in [0.5, 0.6) is 0 Å². The van der Waals surface area contributed by atoms with Crippen LogP contribution in [0.1, 0.15) is 65.2 Å². The van der Waals surface area contributed by atoms with Crippen LogP contribution in [0, 0.1) is 5.41 Å². The lowest BCUT2D eigenvalue weighted by atomic mass is 9.85. The second-order valence-corrected chi connectivity index (χ2v) is 6.72. The highest BCUT2D eigenvalue weighted by atomic mass is 16.4. The van der Waals surface area contributed by atoms with Crippen molar-refractivity contribution in [3.63, 3.8) is 0 Å². The number of carboxylic acids is 1. The van der Waals surface area contributed by atoms with Crippen LogP contribution < -0.4 is 5.32 Å². The topological polar surface area (TPSA) is 69.6 Å². The Balaban J connectivity index is 2.04. The Morgan fingerprint density at radius 2 is 2.00 bits per heavy atom. The van der Waals surface area contributed by atoms with Gasteiger partial charge in [-0.25, -0.2) is 4.79 Å². The number of nitrogens with one attached hydrogen (secondary N) is 1. The lowest BCUT2D eigenvalue weighted by molar-refractivity contribution is -0.148. The number of carbonyl (C=O) groups excluding carboxylic acids is 1. The molecule has 21 heavy (non-hydrogen) atoms. The fraction of sp³-hybridized carbons (Fsp3) is 0.875. The van der Waals surface area contributed by atoms with E-state index in [9.17, 15) is 14.7 Å². The van der Waals surface area contributed by atoms with Crippen molar-refractivity contribution in [2.45, 2.75) is 77.3 Å². The largest absolute Gasteiger partial charge is 0.481 e. The number of carbonyl (C=O) groups is 2. The zero-order valence-corrected chi connectivity index (χ0v) is 13.2. The summed E-state index contributed by atoms with van der Waals surface area (Å²) in [5.41, 5.74) is -0.816. The average Bonchev–Trinajstić information content (AvgIpc) is 2.69. The Hall–Kier alpha value is -1.26. The van der Waals surface area contributed by atoms with Crippen molar-refractivity contribution in [2.75, 3.05) is 6.54 Å². The van der Waals surface area contributed by atoms with E-state index in [1.807, 2.05) is 4.90 Å². The molecule has 2 fully saturated rings. The molecule has 1 saturated heterocycles. The summed E-state index contributed by atoms with van der Waals surface area (Å²) < 4.78 is 0. The number of amides is 2. The van der Waals surface area contributed by atoms with Gasteiger partial charge in [0.2, 0.25) is 0 Å². The molecular weight excluding hydrogens is 268 g/mol. The van der Waals surface area contributed by atoms with Gasteiger partial charge in [0.15, 0.2) is 0 Å². The summed E-state index contributed by atoms with van der Waals surface area (Å²) in [7, 11) is 0. The Kier molecular flexibility index (Phi) is 5.12. The Morgan fingerprint density at radius 1 is 1.24 bits per heavy atom. The van der Waals surface area contributed by atoms with Crippen molar-refractivity contribution in [1.82, 2.24) is 10.2 Å². The minimum Gasteiger partial charge on any atom is -0.481 e. The number of likely N-dealkylation sites (tertiary alicyclic amines) is 1. The molecule has 2 amide bonds. The third-order valence-electron chi connectivity index (χ3n) is 5.35. The lowest BCUT2D eigenvalue weighted by Gasteiger charge is -2.34. The number of nitrogens with zero attached hydrogens (tertiary/aromatic N) is 1. The van der Waals surface area contributed by atoms with Crippen LogP contribution in [0.25, 0.3) is 0 Å². The molecule has 1 heterocycles. The van der Waals surface area contributed by atoms with Crippen molar-refractivity contribution in [3.8, 4) is 0 Å². The first-order chi connectivity index (χ1) is 9.99. The molecule has 2 aliphatic rings. The third-order valence-corrected chi connectivity index (χ3v) is 5.35. The van der Waals surface area contributed by atoms with Gasteiger partial charge in [-0.3, -0.25) is 4.79 Å². The van der Waals surface area contributed by atoms with Gasteiger partial charge in [0.05, 0.1) is 5.41 Å². The van der Waals surface area contributed by atoms with Crippen LogP contribution in [-0.2, 0) is 4.79 Å². The normalized spacial score (nSPS) is 33.5. The van der Waals surface area contributed by atoms with Gasteiger partial charge in [0, 0.05) is 18.6 Å². The van der Waals surface area contributed by atoms with Gasteiger partial charge in [-0.2, -0.15) is 0 Å². The van der Waals surface area contributed by atoms with Gasteiger partial charge in [0.1, 0.15) is 0 Å². The Labute approximate surface area is 127 Å². The Morgan fingerprint density at radius 3 is 2.67 bits per heavy atom. The number of urea groups is 1. The van der Waals surface area contributed by atoms with Crippen LogP contribution in [0.15, 0.2) is 0 Å². The minimum atomic E-state index is -0.816. The van der Waals surface area contributed by atoms with E-state index in [0.717, 1.165) is 38.6 Å². The lowest BCUT2D eigenvalue weighted by Crippen LogP contribution is -2.53. The monoisotopic (exact) mass is 296 g/mol. The predicted octanol–water partition coefficient (Wildman–Crippen LogP) is 2.99. The zero-order chi connectivity index (χ0) is 15.5. The van der Waals surface area contributed by atoms with E-state index in [1.54, 1.807) is 6.92 Å². The molecule has 0 spiro atoms. The highest BCUT2D eigenvalue weighted by Crippen LogP contribution is 2.38. The molecule has 2 rings (SSSR count). The summed E-state index contributed by atoms with van der Waals surface area (Å²) in [5, 5.41) is 12.5. The van der Waals surface area contributed by atoms with E-state index >= 15 is 0 Å². The highest BCUT2D eigenvalue weighted by Gasteiger charge is 2.46. The smallest absolute Gasteiger partial charge is 0.317 e.